The second-order valence-corrected chi connectivity index (χ2v) is 4.12. The summed E-state index contributed by atoms with van der Waals surface area (Å²) in [6.07, 6.45) is 0.813. The zero-order chi connectivity index (χ0) is 9.90. The van der Waals surface area contributed by atoms with Gasteiger partial charge in [-0.05, 0) is 19.4 Å². The molecule has 1 heterocycles. The molecule has 2 atom stereocenters. The van der Waals surface area contributed by atoms with Crippen LogP contribution in [0, 0.1) is 17.2 Å². The lowest BCUT2D eigenvalue weighted by Gasteiger charge is -2.26. The third-order valence-electron chi connectivity index (χ3n) is 2.58. The molecule has 13 heavy (non-hydrogen) atoms. The molecule has 3 heteroatoms. The van der Waals surface area contributed by atoms with Crippen molar-refractivity contribution in [2.45, 2.75) is 38.8 Å². The molecule has 0 bridgehead atoms. The van der Waals surface area contributed by atoms with Crippen molar-refractivity contribution in [1.82, 2.24) is 5.32 Å². The highest BCUT2D eigenvalue weighted by Crippen LogP contribution is 2.25. The standard InChI is InChI=1S/C10H18N2O/c1-8(2)6-12-10(7-11)4-5-13-9(10)3/h8-9,12H,4-6H2,1-3H3. The Morgan fingerprint density at radius 2 is 2.38 bits per heavy atom. The highest BCUT2D eigenvalue weighted by Gasteiger charge is 2.41. The summed E-state index contributed by atoms with van der Waals surface area (Å²) in [4.78, 5) is 0. The van der Waals surface area contributed by atoms with Gasteiger partial charge in [0.1, 0.15) is 5.54 Å². The maximum atomic E-state index is 9.11. The van der Waals surface area contributed by atoms with E-state index >= 15 is 0 Å². The molecule has 0 spiro atoms. The second kappa shape index (κ2) is 4.08. The minimum Gasteiger partial charge on any atom is -0.375 e. The van der Waals surface area contributed by atoms with E-state index in [1.165, 1.54) is 0 Å². The summed E-state index contributed by atoms with van der Waals surface area (Å²) >= 11 is 0. The Balaban J connectivity index is 2.55. The summed E-state index contributed by atoms with van der Waals surface area (Å²) in [5.41, 5.74) is -0.440. The van der Waals surface area contributed by atoms with Crippen LogP contribution in [0.5, 0.6) is 0 Å². The normalized spacial score (nSPS) is 33.6. The van der Waals surface area contributed by atoms with Gasteiger partial charge in [0, 0.05) is 13.0 Å². The van der Waals surface area contributed by atoms with Gasteiger partial charge in [0.05, 0.1) is 12.2 Å². The first-order chi connectivity index (χ1) is 6.10. The van der Waals surface area contributed by atoms with Crippen molar-refractivity contribution in [3.05, 3.63) is 0 Å². The molecule has 0 aliphatic carbocycles. The van der Waals surface area contributed by atoms with Crippen LogP contribution in [0.2, 0.25) is 0 Å². The summed E-state index contributed by atoms with van der Waals surface area (Å²) in [6.45, 7) is 7.81. The monoisotopic (exact) mass is 182 g/mol. The van der Waals surface area contributed by atoms with Gasteiger partial charge in [0.15, 0.2) is 0 Å². The summed E-state index contributed by atoms with van der Waals surface area (Å²) in [7, 11) is 0. The zero-order valence-electron chi connectivity index (χ0n) is 8.63. The molecule has 0 aromatic heterocycles. The molecular formula is C10H18N2O. The fourth-order valence-corrected chi connectivity index (χ4v) is 1.55. The van der Waals surface area contributed by atoms with Crippen molar-refractivity contribution >= 4 is 0 Å². The van der Waals surface area contributed by atoms with E-state index in [1.807, 2.05) is 6.92 Å². The fourth-order valence-electron chi connectivity index (χ4n) is 1.55. The van der Waals surface area contributed by atoms with E-state index in [-0.39, 0.29) is 6.10 Å². The van der Waals surface area contributed by atoms with Gasteiger partial charge in [0.25, 0.3) is 0 Å². The fraction of sp³-hybridized carbons (Fsp3) is 0.900. The molecule has 1 saturated heterocycles. The van der Waals surface area contributed by atoms with Crippen LogP contribution in [-0.4, -0.2) is 24.8 Å². The van der Waals surface area contributed by atoms with Crippen LogP contribution >= 0.6 is 0 Å². The molecule has 74 valence electrons. The lowest BCUT2D eigenvalue weighted by atomic mass is 9.93. The Hall–Kier alpha value is -0.590. The minimum absolute atomic E-state index is 0.0104. The van der Waals surface area contributed by atoms with Crippen LogP contribution in [0.15, 0.2) is 0 Å². The van der Waals surface area contributed by atoms with Gasteiger partial charge in [-0.1, -0.05) is 13.8 Å². The van der Waals surface area contributed by atoms with E-state index in [9.17, 15) is 0 Å². The van der Waals surface area contributed by atoms with E-state index in [4.69, 9.17) is 10.00 Å². The first kappa shape index (κ1) is 10.5. The number of nitrogens with one attached hydrogen (secondary N) is 1. The van der Waals surface area contributed by atoms with Crippen molar-refractivity contribution in [3.8, 4) is 6.07 Å². The third kappa shape index (κ3) is 2.20. The van der Waals surface area contributed by atoms with Gasteiger partial charge in [-0.15, -0.1) is 0 Å². The number of nitriles is 1. The largest absolute Gasteiger partial charge is 0.375 e. The quantitative estimate of drug-likeness (QED) is 0.715. The number of hydrogen-bond donors (Lipinski definition) is 1. The second-order valence-electron chi connectivity index (χ2n) is 4.12. The number of rotatable bonds is 3. The van der Waals surface area contributed by atoms with Crippen molar-refractivity contribution in [1.29, 1.82) is 5.26 Å². The van der Waals surface area contributed by atoms with Crippen LogP contribution in [0.1, 0.15) is 27.2 Å². The Kier molecular flexibility index (Phi) is 3.29. The van der Waals surface area contributed by atoms with Gasteiger partial charge < -0.3 is 4.74 Å². The summed E-state index contributed by atoms with van der Waals surface area (Å²) in [5.74, 6) is 0.568. The van der Waals surface area contributed by atoms with E-state index in [0.29, 0.717) is 12.5 Å². The van der Waals surface area contributed by atoms with Crippen LogP contribution in [0.25, 0.3) is 0 Å². The molecule has 0 amide bonds. The number of nitrogens with zero attached hydrogens (tertiary/aromatic N) is 1. The van der Waals surface area contributed by atoms with E-state index in [2.05, 4.69) is 25.2 Å². The molecule has 3 nitrogen and oxygen atoms in total. The molecule has 1 N–H and O–H groups in total. The van der Waals surface area contributed by atoms with Gasteiger partial charge >= 0.3 is 0 Å². The Morgan fingerprint density at radius 1 is 1.69 bits per heavy atom. The lowest BCUT2D eigenvalue weighted by molar-refractivity contribution is 0.0979. The Labute approximate surface area is 80.1 Å². The van der Waals surface area contributed by atoms with Crippen LogP contribution in [0.4, 0.5) is 0 Å². The van der Waals surface area contributed by atoms with Gasteiger partial charge in [-0.25, -0.2) is 0 Å². The average molecular weight is 182 g/mol. The molecule has 1 aliphatic heterocycles. The van der Waals surface area contributed by atoms with Crippen molar-refractivity contribution in [3.63, 3.8) is 0 Å². The zero-order valence-corrected chi connectivity index (χ0v) is 8.63. The summed E-state index contributed by atoms with van der Waals surface area (Å²) < 4.78 is 5.41. The molecular weight excluding hydrogens is 164 g/mol. The minimum atomic E-state index is -0.440. The predicted octanol–water partition coefficient (Wildman–Crippen LogP) is 1.30. The smallest absolute Gasteiger partial charge is 0.135 e. The van der Waals surface area contributed by atoms with Crippen molar-refractivity contribution in [2.24, 2.45) is 5.92 Å². The SMILES string of the molecule is CC(C)CNC1(C#N)CCOC1C. The molecule has 1 aliphatic rings. The van der Waals surface area contributed by atoms with E-state index in [1.54, 1.807) is 0 Å². The van der Waals surface area contributed by atoms with Crippen molar-refractivity contribution in [2.75, 3.05) is 13.2 Å². The highest BCUT2D eigenvalue weighted by atomic mass is 16.5. The maximum absolute atomic E-state index is 9.11. The Morgan fingerprint density at radius 3 is 2.77 bits per heavy atom. The molecule has 2 unspecified atom stereocenters. The van der Waals surface area contributed by atoms with Gasteiger partial charge in [-0.3, -0.25) is 5.32 Å². The van der Waals surface area contributed by atoms with E-state index in [0.717, 1.165) is 13.0 Å². The first-order valence-corrected chi connectivity index (χ1v) is 4.88. The number of hydrogen-bond acceptors (Lipinski definition) is 3. The van der Waals surface area contributed by atoms with Crippen LogP contribution in [0.3, 0.4) is 0 Å². The lowest BCUT2D eigenvalue weighted by Crippen LogP contribution is -2.50. The van der Waals surface area contributed by atoms with E-state index < -0.39 is 5.54 Å². The molecule has 1 fully saturated rings. The molecule has 0 aromatic rings. The van der Waals surface area contributed by atoms with Crippen LogP contribution < -0.4 is 5.32 Å². The molecule has 0 radical (unpaired) electrons. The summed E-state index contributed by atoms with van der Waals surface area (Å²) in [6, 6.07) is 2.35. The summed E-state index contributed by atoms with van der Waals surface area (Å²) in [5, 5.41) is 12.4. The predicted molar refractivity (Wildman–Crippen MR) is 51.2 cm³/mol. The van der Waals surface area contributed by atoms with Gasteiger partial charge in [0.2, 0.25) is 0 Å². The van der Waals surface area contributed by atoms with Crippen LogP contribution in [-0.2, 0) is 4.74 Å². The van der Waals surface area contributed by atoms with Gasteiger partial charge in [-0.2, -0.15) is 5.26 Å². The first-order valence-electron chi connectivity index (χ1n) is 4.88. The molecule has 0 aromatic carbocycles. The average Bonchev–Trinajstić information content (AvgIpc) is 2.45. The highest BCUT2D eigenvalue weighted by molar-refractivity contribution is 5.13. The molecule has 0 saturated carbocycles. The topological polar surface area (TPSA) is 45.0 Å². The third-order valence-corrected chi connectivity index (χ3v) is 2.58. The molecule has 1 rings (SSSR count). The number of ether oxygens (including phenoxy) is 1. The Bertz CT molecular complexity index is 209. The maximum Gasteiger partial charge on any atom is 0.135 e. The van der Waals surface area contributed by atoms with Crippen molar-refractivity contribution < 1.29 is 4.74 Å².